The number of benzene rings is 1. The topological polar surface area (TPSA) is 64.3 Å². The van der Waals surface area contributed by atoms with Crippen molar-refractivity contribution in [2.24, 2.45) is 5.73 Å². The maximum atomic E-state index is 12.9. The molecule has 1 aromatic rings. The highest BCUT2D eigenvalue weighted by Gasteiger charge is 2.17. The predicted octanol–water partition coefficient (Wildman–Crippen LogP) is 1.20. The van der Waals surface area contributed by atoms with Crippen LogP contribution >= 0.6 is 0 Å². The van der Waals surface area contributed by atoms with E-state index in [-0.39, 0.29) is 18.4 Å². The molecule has 0 heterocycles. The Balaban J connectivity index is 2.63. The van der Waals surface area contributed by atoms with Crippen molar-refractivity contribution < 1.29 is 18.3 Å². The first-order valence-corrected chi connectivity index (χ1v) is 5.52. The van der Waals surface area contributed by atoms with Gasteiger partial charge < -0.3 is 15.8 Å². The number of hydrogen-bond acceptors (Lipinski definition) is 3. The molecule has 0 aliphatic rings. The van der Waals surface area contributed by atoms with Crippen molar-refractivity contribution in [1.82, 2.24) is 5.32 Å². The highest BCUT2D eigenvalue weighted by Crippen LogP contribution is 2.15. The molecule has 6 heteroatoms. The monoisotopic (exact) mass is 258 g/mol. The number of amides is 1. The molecule has 0 bridgehead atoms. The Morgan fingerprint density at radius 3 is 2.33 bits per heavy atom. The molecular formula is C12H16F2N2O2. The van der Waals surface area contributed by atoms with Crippen LogP contribution in [0.4, 0.5) is 8.78 Å². The normalized spacial score (nSPS) is 12.5. The molecule has 3 N–H and O–H groups in total. The molecule has 0 aromatic heterocycles. The summed E-state index contributed by atoms with van der Waals surface area (Å²) in [6.07, 6.45) is 0. The van der Waals surface area contributed by atoms with Crippen LogP contribution in [0.25, 0.3) is 0 Å². The minimum Gasteiger partial charge on any atom is -0.491 e. The number of halogens is 2. The second-order valence-electron chi connectivity index (χ2n) is 4.19. The average molecular weight is 258 g/mol. The van der Waals surface area contributed by atoms with Crippen LogP contribution in [-0.4, -0.2) is 24.6 Å². The van der Waals surface area contributed by atoms with Gasteiger partial charge in [-0.15, -0.1) is 0 Å². The molecule has 0 aliphatic carbocycles. The summed E-state index contributed by atoms with van der Waals surface area (Å²) in [6, 6.07) is 2.14. The Kier molecular flexibility index (Phi) is 5.03. The molecule has 1 unspecified atom stereocenters. The molecule has 0 saturated carbocycles. The molecule has 1 rings (SSSR count). The van der Waals surface area contributed by atoms with Gasteiger partial charge in [0.05, 0.1) is 0 Å². The molecule has 0 spiro atoms. The summed E-state index contributed by atoms with van der Waals surface area (Å²) in [5, 5.41) is 2.89. The molecular weight excluding hydrogens is 242 g/mol. The van der Waals surface area contributed by atoms with Gasteiger partial charge in [-0.1, -0.05) is 13.8 Å². The van der Waals surface area contributed by atoms with Gasteiger partial charge in [0.25, 0.3) is 0 Å². The van der Waals surface area contributed by atoms with E-state index < -0.39 is 23.6 Å². The van der Waals surface area contributed by atoms with E-state index in [1.54, 1.807) is 0 Å². The second-order valence-corrected chi connectivity index (χ2v) is 4.19. The van der Waals surface area contributed by atoms with E-state index in [1.807, 2.05) is 13.8 Å². The summed E-state index contributed by atoms with van der Waals surface area (Å²) in [5.74, 6) is -2.04. The fourth-order valence-electron chi connectivity index (χ4n) is 1.41. The van der Waals surface area contributed by atoms with Crippen molar-refractivity contribution in [2.45, 2.75) is 25.9 Å². The number of nitrogens with two attached hydrogens (primary N) is 1. The number of hydrogen-bond donors (Lipinski definition) is 2. The lowest BCUT2D eigenvalue weighted by Gasteiger charge is -2.18. The number of ether oxygens (including phenoxy) is 1. The third kappa shape index (κ3) is 4.67. The second kappa shape index (κ2) is 6.30. The summed E-state index contributed by atoms with van der Waals surface area (Å²) in [4.78, 5) is 11.1. The van der Waals surface area contributed by atoms with Crippen LogP contribution in [0.2, 0.25) is 0 Å². The predicted molar refractivity (Wildman–Crippen MR) is 63.1 cm³/mol. The maximum Gasteiger partial charge on any atom is 0.238 e. The van der Waals surface area contributed by atoms with Crippen molar-refractivity contribution in [1.29, 1.82) is 0 Å². The molecule has 100 valence electrons. The molecule has 1 atom stereocenters. The fraction of sp³-hybridized carbons (Fsp3) is 0.417. The lowest BCUT2D eigenvalue weighted by Crippen LogP contribution is -2.48. The minimum absolute atomic E-state index is 0.0179. The zero-order valence-electron chi connectivity index (χ0n) is 10.2. The van der Waals surface area contributed by atoms with E-state index in [0.717, 1.165) is 18.2 Å². The first-order valence-electron chi connectivity index (χ1n) is 5.52. The summed E-state index contributed by atoms with van der Waals surface area (Å²) < 4.78 is 30.9. The van der Waals surface area contributed by atoms with E-state index in [0.29, 0.717) is 0 Å². The number of carbonyl (C=O) groups is 1. The minimum atomic E-state index is -0.738. The van der Waals surface area contributed by atoms with Crippen LogP contribution in [0.1, 0.15) is 13.8 Å². The number of nitrogens with one attached hydrogen (secondary N) is 1. The van der Waals surface area contributed by atoms with Crippen LogP contribution < -0.4 is 15.8 Å². The third-order valence-corrected chi connectivity index (χ3v) is 2.13. The van der Waals surface area contributed by atoms with Crippen molar-refractivity contribution in [3.05, 3.63) is 29.8 Å². The van der Waals surface area contributed by atoms with Crippen molar-refractivity contribution >= 4 is 5.91 Å². The highest BCUT2D eigenvalue weighted by atomic mass is 19.1. The van der Waals surface area contributed by atoms with Crippen LogP contribution in [0.5, 0.6) is 5.75 Å². The largest absolute Gasteiger partial charge is 0.491 e. The van der Waals surface area contributed by atoms with Gasteiger partial charge in [-0.05, 0) is 0 Å². The average Bonchev–Trinajstić information content (AvgIpc) is 2.21. The van der Waals surface area contributed by atoms with E-state index >= 15 is 0 Å². The lowest BCUT2D eigenvalue weighted by molar-refractivity contribution is -0.120. The van der Waals surface area contributed by atoms with E-state index in [9.17, 15) is 13.6 Å². The molecule has 18 heavy (non-hydrogen) atoms. The standard InChI is InChI=1S/C12H16F2N2O2/c1-7(2)16-11(12(15)17)6-18-10-4-8(13)3-9(14)5-10/h3-5,7,11,16H,6H2,1-2H3,(H2,15,17). The smallest absolute Gasteiger partial charge is 0.238 e. The quantitative estimate of drug-likeness (QED) is 0.805. The zero-order chi connectivity index (χ0) is 13.7. The SMILES string of the molecule is CC(C)NC(COc1cc(F)cc(F)c1)C(N)=O. The van der Waals surface area contributed by atoms with E-state index in [2.05, 4.69) is 5.32 Å². The summed E-state index contributed by atoms with van der Waals surface area (Å²) in [7, 11) is 0. The van der Waals surface area contributed by atoms with Gasteiger partial charge in [-0.3, -0.25) is 4.79 Å². The highest BCUT2D eigenvalue weighted by molar-refractivity contribution is 5.80. The van der Waals surface area contributed by atoms with E-state index in [4.69, 9.17) is 10.5 Å². The van der Waals surface area contributed by atoms with Gasteiger partial charge in [0.1, 0.15) is 30.0 Å². The molecule has 1 amide bonds. The lowest BCUT2D eigenvalue weighted by atomic mass is 10.2. The first kappa shape index (κ1) is 14.4. The van der Waals surface area contributed by atoms with Gasteiger partial charge >= 0.3 is 0 Å². The molecule has 1 aromatic carbocycles. The van der Waals surface area contributed by atoms with E-state index in [1.165, 1.54) is 0 Å². The Labute approximate surface area is 104 Å². The molecule has 0 fully saturated rings. The van der Waals surface area contributed by atoms with Crippen molar-refractivity contribution in [3.8, 4) is 5.75 Å². The van der Waals surface area contributed by atoms with Crippen LogP contribution in [0, 0.1) is 11.6 Å². The number of primary amides is 1. The molecule has 0 saturated heterocycles. The Hall–Kier alpha value is -1.69. The summed E-state index contributed by atoms with van der Waals surface area (Å²) >= 11 is 0. The first-order chi connectivity index (χ1) is 8.38. The van der Waals surface area contributed by atoms with Gasteiger partial charge in [0, 0.05) is 24.2 Å². The number of rotatable bonds is 6. The van der Waals surface area contributed by atoms with Gasteiger partial charge in [-0.2, -0.15) is 0 Å². The van der Waals surface area contributed by atoms with Crippen LogP contribution in [0.3, 0.4) is 0 Å². The Morgan fingerprint density at radius 1 is 1.33 bits per heavy atom. The Bertz CT molecular complexity index is 404. The summed E-state index contributed by atoms with van der Waals surface area (Å²) in [6.45, 7) is 3.60. The van der Waals surface area contributed by atoms with Gasteiger partial charge in [0.2, 0.25) is 5.91 Å². The van der Waals surface area contributed by atoms with Crippen molar-refractivity contribution in [3.63, 3.8) is 0 Å². The molecule has 4 nitrogen and oxygen atoms in total. The maximum absolute atomic E-state index is 12.9. The molecule has 0 aliphatic heterocycles. The molecule has 0 radical (unpaired) electrons. The zero-order valence-corrected chi connectivity index (χ0v) is 10.2. The Morgan fingerprint density at radius 2 is 1.89 bits per heavy atom. The number of carbonyl (C=O) groups excluding carboxylic acids is 1. The summed E-state index contributed by atoms with van der Waals surface area (Å²) in [5.41, 5.74) is 5.18. The fourth-order valence-corrected chi connectivity index (χ4v) is 1.41. The van der Waals surface area contributed by atoms with Crippen LogP contribution in [0.15, 0.2) is 18.2 Å². The third-order valence-electron chi connectivity index (χ3n) is 2.13. The van der Waals surface area contributed by atoms with Gasteiger partial charge in [0.15, 0.2) is 0 Å². The van der Waals surface area contributed by atoms with Crippen molar-refractivity contribution in [2.75, 3.05) is 6.61 Å². The van der Waals surface area contributed by atoms with Gasteiger partial charge in [-0.25, -0.2) is 8.78 Å². The van der Waals surface area contributed by atoms with Crippen LogP contribution in [-0.2, 0) is 4.79 Å².